The van der Waals surface area contributed by atoms with Gasteiger partial charge in [0.15, 0.2) is 0 Å². The monoisotopic (exact) mass is 321 g/mol. The summed E-state index contributed by atoms with van der Waals surface area (Å²) in [6.07, 6.45) is 0.619. The van der Waals surface area contributed by atoms with Crippen molar-refractivity contribution in [3.8, 4) is 0 Å². The fraction of sp³-hybridized carbons (Fsp3) is 0.211. The van der Waals surface area contributed by atoms with Gasteiger partial charge in [0, 0.05) is 17.5 Å². The Hall–Kier alpha value is -2.95. The average Bonchev–Trinajstić information content (AvgIpc) is 2.91. The molecule has 122 valence electrons. The molecular weight excluding hydrogens is 304 g/mol. The zero-order chi connectivity index (χ0) is 17.3. The Labute approximate surface area is 139 Å². The maximum Gasteiger partial charge on any atom is 0.264 e. The number of para-hydroxylation sites is 2. The predicted molar refractivity (Wildman–Crippen MR) is 88.8 cm³/mol. The molecule has 0 aliphatic carbocycles. The molecule has 3 aromatic rings. The van der Waals surface area contributed by atoms with Crippen LogP contribution in [0.15, 0.2) is 48.5 Å². The van der Waals surface area contributed by atoms with E-state index in [9.17, 15) is 14.7 Å². The molecule has 2 aromatic carbocycles. The van der Waals surface area contributed by atoms with Gasteiger partial charge in [0.2, 0.25) is 0 Å². The molecular formula is C19H17N2O3-. The summed E-state index contributed by atoms with van der Waals surface area (Å²) >= 11 is 0. The number of hydrogen-bond acceptors (Lipinski definition) is 4. The number of hydrogen-bond donors (Lipinski definition) is 0. The fourth-order valence-corrected chi connectivity index (χ4v) is 2.77. The number of benzene rings is 2. The molecule has 3 rings (SSSR count). The summed E-state index contributed by atoms with van der Waals surface area (Å²) in [4.78, 5) is 29.0. The summed E-state index contributed by atoms with van der Waals surface area (Å²) in [6, 6.07) is 13.4. The van der Waals surface area contributed by atoms with Gasteiger partial charge in [-0.05, 0) is 24.1 Å². The molecule has 24 heavy (non-hydrogen) atoms. The van der Waals surface area contributed by atoms with Gasteiger partial charge in [-0.2, -0.15) is 0 Å². The Morgan fingerprint density at radius 3 is 2.33 bits per heavy atom. The van der Waals surface area contributed by atoms with Gasteiger partial charge in [0.1, 0.15) is 5.82 Å². The number of rotatable bonds is 4. The van der Waals surface area contributed by atoms with Gasteiger partial charge in [-0.3, -0.25) is 9.36 Å². The number of carbonyl (C=O) groups is 2. The van der Waals surface area contributed by atoms with E-state index in [0.717, 1.165) is 0 Å². The lowest BCUT2D eigenvalue weighted by atomic mass is 10.1. The van der Waals surface area contributed by atoms with Crippen LogP contribution in [0.5, 0.6) is 0 Å². The van der Waals surface area contributed by atoms with Crippen molar-refractivity contribution >= 4 is 22.9 Å². The highest BCUT2D eigenvalue weighted by atomic mass is 16.4. The number of aromatic nitrogens is 2. The zero-order valence-electron chi connectivity index (χ0n) is 13.5. The van der Waals surface area contributed by atoms with Crippen LogP contribution < -0.4 is 5.11 Å². The molecule has 0 amide bonds. The van der Waals surface area contributed by atoms with Crippen LogP contribution in [0.1, 0.15) is 40.4 Å². The number of carboxylic acids is 1. The van der Waals surface area contributed by atoms with Crippen LogP contribution in [-0.2, 0) is 6.42 Å². The van der Waals surface area contributed by atoms with Gasteiger partial charge < -0.3 is 9.90 Å². The predicted octanol–water partition coefficient (Wildman–Crippen LogP) is 2.29. The van der Waals surface area contributed by atoms with Crippen LogP contribution in [-0.4, -0.2) is 21.4 Å². The smallest absolute Gasteiger partial charge is 0.264 e. The molecule has 0 bridgehead atoms. The van der Waals surface area contributed by atoms with Gasteiger partial charge >= 0.3 is 0 Å². The van der Waals surface area contributed by atoms with E-state index in [1.54, 1.807) is 12.1 Å². The van der Waals surface area contributed by atoms with Crippen molar-refractivity contribution in [1.29, 1.82) is 0 Å². The topological polar surface area (TPSA) is 75.0 Å². The molecule has 5 nitrogen and oxygen atoms in total. The minimum absolute atomic E-state index is 0.102. The summed E-state index contributed by atoms with van der Waals surface area (Å²) in [7, 11) is 0. The van der Waals surface area contributed by atoms with Gasteiger partial charge in [-0.15, -0.1) is 0 Å². The average molecular weight is 321 g/mol. The molecule has 0 N–H and O–H groups in total. The van der Waals surface area contributed by atoms with E-state index >= 15 is 0 Å². The standard InChI is InChI=1S/C19H18N2O3/c1-12(2)11-17-20-15-9-5-6-10-16(15)21(17)18(22)13-7-3-4-8-14(13)19(23)24/h3-10,12H,11H2,1-2H3,(H,23,24)/p-1. The third kappa shape index (κ3) is 2.80. The quantitative estimate of drug-likeness (QED) is 0.739. The van der Waals surface area contributed by atoms with E-state index in [1.165, 1.54) is 16.7 Å². The van der Waals surface area contributed by atoms with Crippen molar-refractivity contribution in [2.24, 2.45) is 5.92 Å². The Morgan fingerprint density at radius 1 is 1.04 bits per heavy atom. The van der Waals surface area contributed by atoms with E-state index in [0.29, 0.717) is 29.2 Å². The lowest BCUT2D eigenvalue weighted by Crippen LogP contribution is -2.27. The number of carboxylic acid groups (broad SMARTS) is 1. The van der Waals surface area contributed by atoms with Crippen LogP contribution in [0.3, 0.4) is 0 Å². The molecule has 0 unspecified atom stereocenters. The lowest BCUT2D eigenvalue weighted by Gasteiger charge is -2.13. The van der Waals surface area contributed by atoms with Crippen LogP contribution >= 0.6 is 0 Å². The van der Waals surface area contributed by atoms with Gasteiger partial charge in [0.25, 0.3) is 5.91 Å². The number of nitrogens with zero attached hydrogens (tertiary/aromatic N) is 2. The molecule has 0 aliphatic rings. The molecule has 5 heteroatoms. The molecule has 0 radical (unpaired) electrons. The maximum absolute atomic E-state index is 13.1. The summed E-state index contributed by atoms with van der Waals surface area (Å²) in [5, 5.41) is 11.3. The highest BCUT2D eigenvalue weighted by Crippen LogP contribution is 2.21. The maximum atomic E-state index is 13.1. The second-order valence-corrected chi connectivity index (χ2v) is 6.09. The van der Waals surface area contributed by atoms with Crippen molar-refractivity contribution in [2.45, 2.75) is 20.3 Å². The first-order chi connectivity index (χ1) is 11.5. The molecule has 1 aromatic heterocycles. The zero-order valence-corrected chi connectivity index (χ0v) is 13.5. The molecule has 0 spiro atoms. The number of imidazole rings is 1. The van der Waals surface area contributed by atoms with Crippen molar-refractivity contribution < 1.29 is 14.7 Å². The number of aromatic carboxylic acids is 1. The van der Waals surface area contributed by atoms with Gasteiger partial charge in [-0.25, -0.2) is 4.98 Å². The van der Waals surface area contributed by atoms with E-state index < -0.39 is 11.9 Å². The summed E-state index contributed by atoms with van der Waals surface area (Å²) < 4.78 is 1.51. The van der Waals surface area contributed by atoms with Crippen LogP contribution in [0, 0.1) is 5.92 Å². The first-order valence-electron chi connectivity index (χ1n) is 7.80. The molecule has 0 atom stereocenters. The SMILES string of the molecule is CC(C)Cc1nc2ccccc2n1C(=O)c1ccccc1C(=O)[O-]. The Morgan fingerprint density at radius 2 is 1.67 bits per heavy atom. The third-order valence-corrected chi connectivity index (χ3v) is 3.80. The van der Waals surface area contributed by atoms with E-state index in [4.69, 9.17) is 0 Å². The third-order valence-electron chi connectivity index (χ3n) is 3.80. The van der Waals surface area contributed by atoms with Crippen molar-refractivity contribution in [3.63, 3.8) is 0 Å². The first kappa shape index (κ1) is 15.9. The fourth-order valence-electron chi connectivity index (χ4n) is 2.77. The van der Waals surface area contributed by atoms with Crippen LogP contribution in [0.4, 0.5) is 0 Å². The number of fused-ring (bicyclic) bond motifs is 1. The summed E-state index contributed by atoms with van der Waals surface area (Å²) in [6.45, 7) is 4.09. The Bertz CT molecular complexity index is 925. The molecule has 0 saturated heterocycles. The molecule has 0 fully saturated rings. The minimum atomic E-state index is -1.37. The highest BCUT2D eigenvalue weighted by molar-refractivity contribution is 6.08. The largest absolute Gasteiger partial charge is 0.545 e. The summed E-state index contributed by atoms with van der Waals surface area (Å²) in [5.41, 5.74) is 1.38. The molecule has 0 aliphatic heterocycles. The van der Waals surface area contributed by atoms with Crippen molar-refractivity contribution in [3.05, 3.63) is 65.5 Å². The van der Waals surface area contributed by atoms with Gasteiger partial charge in [0.05, 0.1) is 17.0 Å². The summed E-state index contributed by atoms with van der Waals surface area (Å²) in [5.74, 6) is -0.831. The van der Waals surface area contributed by atoms with Crippen LogP contribution in [0.25, 0.3) is 11.0 Å². The Kier molecular flexibility index (Phi) is 4.16. The van der Waals surface area contributed by atoms with Crippen LogP contribution in [0.2, 0.25) is 0 Å². The number of carbonyl (C=O) groups excluding carboxylic acids is 2. The molecule has 1 heterocycles. The van der Waals surface area contributed by atoms with Crippen molar-refractivity contribution in [1.82, 2.24) is 9.55 Å². The normalized spacial score (nSPS) is 11.1. The van der Waals surface area contributed by atoms with E-state index in [-0.39, 0.29) is 11.1 Å². The molecule has 0 saturated carbocycles. The minimum Gasteiger partial charge on any atom is -0.545 e. The first-order valence-corrected chi connectivity index (χ1v) is 7.80. The highest BCUT2D eigenvalue weighted by Gasteiger charge is 2.21. The van der Waals surface area contributed by atoms with Gasteiger partial charge in [-0.1, -0.05) is 44.2 Å². The lowest BCUT2D eigenvalue weighted by molar-refractivity contribution is -0.255. The van der Waals surface area contributed by atoms with Crippen molar-refractivity contribution in [2.75, 3.05) is 0 Å². The van der Waals surface area contributed by atoms with E-state index in [1.807, 2.05) is 38.1 Å². The Balaban J connectivity index is 2.21. The second kappa shape index (κ2) is 6.28. The second-order valence-electron chi connectivity index (χ2n) is 6.09. The van der Waals surface area contributed by atoms with E-state index in [2.05, 4.69) is 4.98 Å².